The molecule has 1 aliphatic heterocycles. The van der Waals surface area contributed by atoms with E-state index in [4.69, 9.17) is 4.74 Å². The fraction of sp³-hybridized carbons (Fsp3) is 1.00. The zero-order valence-corrected chi connectivity index (χ0v) is 8.06. The van der Waals surface area contributed by atoms with Gasteiger partial charge in [0.1, 0.15) is 5.44 Å². The molecule has 0 aliphatic carbocycles. The van der Waals surface area contributed by atoms with Crippen LogP contribution in [0.4, 0.5) is 0 Å². The van der Waals surface area contributed by atoms with Crippen LogP contribution in [-0.2, 0) is 15.5 Å². The van der Waals surface area contributed by atoms with E-state index in [2.05, 4.69) is 4.90 Å². The van der Waals surface area contributed by atoms with Crippen molar-refractivity contribution in [3.63, 3.8) is 0 Å². The first-order chi connectivity index (χ1) is 5.09. The van der Waals surface area contributed by atoms with Crippen molar-refractivity contribution in [3.05, 3.63) is 0 Å². The molecule has 0 unspecified atom stereocenters. The molecule has 11 heavy (non-hydrogen) atoms. The first-order valence-electron chi connectivity index (χ1n) is 3.77. The van der Waals surface area contributed by atoms with Crippen LogP contribution in [0.1, 0.15) is 6.92 Å². The Labute approximate surface area is 70.2 Å². The van der Waals surface area contributed by atoms with E-state index in [9.17, 15) is 4.21 Å². The van der Waals surface area contributed by atoms with Crippen LogP contribution in [0.2, 0.25) is 0 Å². The molecule has 3 nitrogen and oxygen atoms in total. The molecule has 1 aliphatic rings. The lowest BCUT2D eigenvalue weighted by molar-refractivity contribution is 0.0571. The Morgan fingerprint density at radius 1 is 1.64 bits per heavy atom. The summed E-state index contributed by atoms with van der Waals surface area (Å²) in [5.74, 6) is 0.694. The largest absolute Gasteiger partial charge is 0.360 e. The van der Waals surface area contributed by atoms with Gasteiger partial charge in [0.2, 0.25) is 0 Å². The van der Waals surface area contributed by atoms with Gasteiger partial charge in [0.25, 0.3) is 0 Å². The topological polar surface area (TPSA) is 29.5 Å². The second-order valence-corrected chi connectivity index (χ2v) is 4.89. The Balaban J connectivity index is 2.35. The maximum absolute atomic E-state index is 11.1. The van der Waals surface area contributed by atoms with Gasteiger partial charge in [-0.2, -0.15) is 0 Å². The highest BCUT2D eigenvalue weighted by molar-refractivity contribution is 7.85. The third-order valence-electron chi connectivity index (χ3n) is 1.67. The lowest BCUT2D eigenvalue weighted by Crippen LogP contribution is -2.27. The van der Waals surface area contributed by atoms with Gasteiger partial charge in [-0.3, -0.25) is 4.21 Å². The highest BCUT2D eigenvalue weighted by Gasteiger charge is 2.28. The summed E-state index contributed by atoms with van der Waals surface area (Å²) in [6.07, 6.45) is 0.167. The van der Waals surface area contributed by atoms with Gasteiger partial charge in [0, 0.05) is 6.54 Å². The fourth-order valence-electron chi connectivity index (χ4n) is 1.19. The maximum atomic E-state index is 11.1. The number of rotatable bonds is 2. The average Bonchev–Trinajstić information content (AvgIpc) is 2.10. The van der Waals surface area contributed by atoms with Crippen molar-refractivity contribution in [1.29, 1.82) is 0 Å². The summed E-state index contributed by atoms with van der Waals surface area (Å²) in [5.41, 5.74) is -0.0695. The molecule has 1 rings (SSSR count). The van der Waals surface area contributed by atoms with E-state index in [-0.39, 0.29) is 11.5 Å². The number of ether oxygens (including phenoxy) is 1. The minimum Gasteiger partial charge on any atom is -0.360 e. The Bertz CT molecular complexity index is 161. The van der Waals surface area contributed by atoms with Gasteiger partial charge in [-0.1, -0.05) is 0 Å². The Morgan fingerprint density at radius 2 is 2.27 bits per heavy atom. The van der Waals surface area contributed by atoms with Crippen LogP contribution in [0.3, 0.4) is 0 Å². The molecule has 0 aromatic carbocycles. The van der Waals surface area contributed by atoms with E-state index in [1.807, 2.05) is 21.0 Å². The molecule has 1 saturated heterocycles. The molecule has 0 N–H and O–H groups in total. The van der Waals surface area contributed by atoms with Crippen LogP contribution in [0, 0.1) is 0 Å². The molecule has 0 radical (unpaired) electrons. The van der Waals surface area contributed by atoms with Crippen molar-refractivity contribution < 1.29 is 8.95 Å². The fourth-order valence-corrected chi connectivity index (χ4v) is 2.30. The molecule has 0 aromatic heterocycles. The summed E-state index contributed by atoms with van der Waals surface area (Å²) in [7, 11) is 3.23. The molecule has 1 heterocycles. The number of hydrogen-bond donors (Lipinski definition) is 0. The van der Waals surface area contributed by atoms with Crippen molar-refractivity contribution in [2.45, 2.75) is 18.5 Å². The lowest BCUT2D eigenvalue weighted by atomic mass is 10.4. The van der Waals surface area contributed by atoms with E-state index in [0.29, 0.717) is 5.75 Å². The van der Waals surface area contributed by atoms with E-state index in [1.54, 1.807) is 0 Å². The molecule has 66 valence electrons. The predicted molar refractivity (Wildman–Crippen MR) is 45.9 cm³/mol. The van der Waals surface area contributed by atoms with Gasteiger partial charge in [0.15, 0.2) is 0 Å². The maximum Gasteiger partial charge on any atom is 0.130 e. The molecule has 3 atom stereocenters. The summed E-state index contributed by atoms with van der Waals surface area (Å²) in [6, 6.07) is 0. The normalized spacial score (nSPS) is 38.4. The van der Waals surface area contributed by atoms with Crippen molar-refractivity contribution in [2.24, 2.45) is 0 Å². The molecule has 0 bridgehead atoms. The standard InChI is InChI=1S/C7H15NO2S/c1-6-10-7(4-8(2)3)5-11(6)9/h6-7H,4-5H2,1-3H3/t6-,7-,11-/m1/s1. The van der Waals surface area contributed by atoms with Gasteiger partial charge >= 0.3 is 0 Å². The number of likely N-dealkylation sites (N-methyl/N-ethyl adjacent to an activating group) is 1. The third-order valence-corrected chi connectivity index (χ3v) is 3.23. The van der Waals surface area contributed by atoms with Gasteiger partial charge < -0.3 is 9.64 Å². The van der Waals surface area contributed by atoms with Gasteiger partial charge in [0.05, 0.1) is 22.7 Å². The monoisotopic (exact) mass is 177 g/mol. The van der Waals surface area contributed by atoms with Crippen LogP contribution in [0.5, 0.6) is 0 Å². The van der Waals surface area contributed by atoms with Gasteiger partial charge in [-0.25, -0.2) is 0 Å². The summed E-state index contributed by atoms with van der Waals surface area (Å²) < 4.78 is 16.6. The molecule has 0 saturated carbocycles. The first-order valence-corrected chi connectivity index (χ1v) is 5.15. The van der Waals surface area contributed by atoms with E-state index >= 15 is 0 Å². The van der Waals surface area contributed by atoms with Crippen LogP contribution < -0.4 is 0 Å². The van der Waals surface area contributed by atoms with Gasteiger partial charge in [-0.05, 0) is 21.0 Å². The van der Waals surface area contributed by atoms with E-state index < -0.39 is 10.8 Å². The highest BCUT2D eigenvalue weighted by atomic mass is 32.2. The van der Waals surface area contributed by atoms with Gasteiger partial charge in [-0.15, -0.1) is 0 Å². The van der Waals surface area contributed by atoms with E-state index in [0.717, 1.165) is 6.54 Å². The van der Waals surface area contributed by atoms with Crippen LogP contribution in [-0.4, -0.2) is 47.0 Å². The number of hydrogen-bond acceptors (Lipinski definition) is 3. The quantitative estimate of drug-likeness (QED) is 0.596. The van der Waals surface area contributed by atoms with Crippen molar-refractivity contribution in [2.75, 3.05) is 26.4 Å². The van der Waals surface area contributed by atoms with Crippen LogP contribution in [0.25, 0.3) is 0 Å². The summed E-state index contributed by atoms with van der Waals surface area (Å²) in [6.45, 7) is 2.74. The second kappa shape index (κ2) is 3.65. The summed E-state index contributed by atoms with van der Waals surface area (Å²) >= 11 is 0. The zero-order valence-electron chi connectivity index (χ0n) is 7.24. The summed E-state index contributed by atoms with van der Waals surface area (Å²) in [4.78, 5) is 2.06. The Hall–Kier alpha value is 0.0700. The first kappa shape index (κ1) is 9.16. The Morgan fingerprint density at radius 3 is 2.64 bits per heavy atom. The smallest absolute Gasteiger partial charge is 0.130 e. The van der Waals surface area contributed by atoms with Crippen LogP contribution >= 0.6 is 0 Å². The molecule has 1 fully saturated rings. The Kier molecular flexibility index (Phi) is 3.04. The summed E-state index contributed by atoms with van der Waals surface area (Å²) in [5, 5.41) is 0. The molecule has 0 amide bonds. The highest BCUT2D eigenvalue weighted by Crippen LogP contribution is 2.14. The molecular weight excluding hydrogens is 162 g/mol. The molecular formula is C7H15NO2S. The second-order valence-electron chi connectivity index (χ2n) is 3.14. The van der Waals surface area contributed by atoms with Crippen molar-refractivity contribution in [1.82, 2.24) is 4.90 Å². The minimum absolute atomic E-state index is 0.0695. The van der Waals surface area contributed by atoms with Crippen molar-refractivity contribution >= 4 is 10.8 Å². The molecule has 4 heteroatoms. The lowest BCUT2D eigenvalue weighted by Gasteiger charge is -2.14. The van der Waals surface area contributed by atoms with Crippen molar-refractivity contribution in [3.8, 4) is 0 Å². The molecule has 0 aromatic rings. The zero-order chi connectivity index (χ0) is 8.43. The SMILES string of the molecule is C[C@@H]1O[C@H](CN(C)C)C[S@]1=O. The number of nitrogens with zero attached hydrogens (tertiary/aromatic N) is 1. The molecule has 0 spiro atoms. The predicted octanol–water partition coefficient (Wildman–Crippen LogP) is 0.0415. The van der Waals surface area contributed by atoms with E-state index in [1.165, 1.54) is 0 Å². The third kappa shape index (κ3) is 2.54. The van der Waals surface area contributed by atoms with Crippen LogP contribution in [0.15, 0.2) is 0 Å². The average molecular weight is 177 g/mol. The minimum atomic E-state index is -0.763.